The van der Waals surface area contributed by atoms with E-state index in [0.717, 1.165) is 4.47 Å². The molecule has 0 radical (unpaired) electrons. The van der Waals surface area contributed by atoms with Crippen LogP contribution in [0.2, 0.25) is 5.15 Å². The first-order valence-corrected chi connectivity index (χ1v) is 7.40. The van der Waals surface area contributed by atoms with Crippen molar-refractivity contribution in [1.29, 1.82) is 0 Å². The van der Waals surface area contributed by atoms with E-state index in [9.17, 15) is 4.79 Å². The molecule has 0 atom stereocenters. The molecule has 0 aromatic carbocycles. The lowest BCUT2D eigenvalue weighted by atomic mass is 9.81. The highest BCUT2D eigenvalue weighted by Crippen LogP contribution is 2.33. The van der Waals surface area contributed by atoms with E-state index in [1.165, 1.54) is 6.20 Å². The van der Waals surface area contributed by atoms with Crippen molar-refractivity contribution in [3.8, 4) is 0 Å². The fourth-order valence-electron chi connectivity index (χ4n) is 2.06. The van der Waals surface area contributed by atoms with Gasteiger partial charge in [-0.2, -0.15) is 0 Å². The third-order valence-corrected chi connectivity index (χ3v) is 4.03. The van der Waals surface area contributed by atoms with E-state index in [4.69, 9.17) is 16.3 Å². The van der Waals surface area contributed by atoms with Gasteiger partial charge in [-0.15, -0.1) is 0 Å². The standard InChI is InChI=1S/C14H11BrClN3O2/c15-9-1-3-11(17-5-9)14(7-21-8-14)13(20)19-10-2-4-12(16)18-6-10/h1-6H,7-8H2,(H,19,20). The van der Waals surface area contributed by atoms with Crippen molar-refractivity contribution < 1.29 is 9.53 Å². The van der Waals surface area contributed by atoms with Crippen molar-refractivity contribution in [3.63, 3.8) is 0 Å². The number of pyridine rings is 2. The second-order valence-corrected chi connectivity index (χ2v) is 6.06. The van der Waals surface area contributed by atoms with E-state index >= 15 is 0 Å². The normalized spacial score (nSPS) is 16.1. The molecule has 1 saturated heterocycles. The number of aromatic nitrogens is 2. The van der Waals surface area contributed by atoms with Crippen LogP contribution in [0.25, 0.3) is 0 Å². The van der Waals surface area contributed by atoms with E-state index < -0.39 is 5.41 Å². The summed E-state index contributed by atoms with van der Waals surface area (Å²) in [7, 11) is 0. The van der Waals surface area contributed by atoms with Crippen LogP contribution >= 0.6 is 27.5 Å². The van der Waals surface area contributed by atoms with Crippen molar-refractivity contribution in [2.24, 2.45) is 0 Å². The van der Waals surface area contributed by atoms with Crippen LogP contribution in [0, 0.1) is 0 Å². The maximum atomic E-state index is 12.6. The lowest BCUT2D eigenvalue weighted by Gasteiger charge is -2.39. The summed E-state index contributed by atoms with van der Waals surface area (Å²) in [5.41, 5.74) is 0.532. The number of ether oxygens (including phenoxy) is 1. The number of anilines is 1. The first-order chi connectivity index (χ1) is 10.1. The molecular formula is C14H11BrClN3O2. The minimum absolute atomic E-state index is 0.160. The molecule has 0 spiro atoms. The maximum absolute atomic E-state index is 12.6. The lowest BCUT2D eigenvalue weighted by molar-refractivity contribution is -0.140. The zero-order valence-corrected chi connectivity index (χ0v) is 13.2. The number of amides is 1. The molecule has 21 heavy (non-hydrogen) atoms. The van der Waals surface area contributed by atoms with E-state index in [-0.39, 0.29) is 5.91 Å². The summed E-state index contributed by atoms with van der Waals surface area (Å²) in [5.74, 6) is -0.160. The minimum atomic E-state index is -0.750. The van der Waals surface area contributed by atoms with Crippen LogP contribution in [-0.2, 0) is 14.9 Å². The van der Waals surface area contributed by atoms with Crippen LogP contribution in [0.5, 0.6) is 0 Å². The smallest absolute Gasteiger partial charge is 0.241 e. The molecule has 0 saturated carbocycles. The Morgan fingerprint density at radius 2 is 2.05 bits per heavy atom. The zero-order valence-electron chi connectivity index (χ0n) is 10.8. The van der Waals surface area contributed by atoms with Crippen LogP contribution in [0.3, 0.4) is 0 Å². The predicted octanol–water partition coefficient (Wildman–Crippen LogP) is 2.80. The fourth-order valence-corrected chi connectivity index (χ4v) is 2.41. The van der Waals surface area contributed by atoms with Gasteiger partial charge in [0.05, 0.1) is 30.8 Å². The van der Waals surface area contributed by atoms with E-state index in [2.05, 4.69) is 31.2 Å². The molecule has 3 rings (SSSR count). The van der Waals surface area contributed by atoms with Crippen LogP contribution < -0.4 is 5.32 Å². The summed E-state index contributed by atoms with van der Waals surface area (Å²) in [6.45, 7) is 0.628. The third kappa shape index (κ3) is 2.79. The Morgan fingerprint density at radius 3 is 2.57 bits per heavy atom. The molecular weight excluding hydrogens is 358 g/mol. The molecule has 0 aliphatic carbocycles. The Bertz CT molecular complexity index is 657. The Balaban J connectivity index is 1.83. The van der Waals surface area contributed by atoms with Gasteiger partial charge in [0.25, 0.3) is 0 Å². The fraction of sp³-hybridized carbons (Fsp3) is 0.214. The third-order valence-electron chi connectivity index (χ3n) is 3.33. The van der Waals surface area contributed by atoms with Crippen molar-refractivity contribution >= 4 is 39.1 Å². The lowest BCUT2D eigenvalue weighted by Crippen LogP contribution is -2.56. The van der Waals surface area contributed by atoms with Gasteiger partial charge in [0.1, 0.15) is 10.6 Å². The van der Waals surface area contributed by atoms with Gasteiger partial charge in [0.2, 0.25) is 5.91 Å². The van der Waals surface area contributed by atoms with Gasteiger partial charge in [-0.25, -0.2) is 4.98 Å². The first kappa shape index (κ1) is 14.4. The largest absolute Gasteiger partial charge is 0.378 e. The summed E-state index contributed by atoms with van der Waals surface area (Å²) in [6, 6.07) is 7.01. The van der Waals surface area contributed by atoms with Crippen molar-refractivity contribution in [2.45, 2.75) is 5.41 Å². The second kappa shape index (κ2) is 5.71. The SMILES string of the molecule is O=C(Nc1ccc(Cl)nc1)C1(c2ccc(Br)cn2)COC1. The molecule has 2 aromatic rings. The van der Waals surface area contributed by atoms with E-state index in [1.807, 2.05) is 12.1 Å². The summed E-state index contributed by atoms with van der Waals surface area (Å²) >= 11 is 9.06. The van der Waals surface area contributed by atoms with Crippen molar-refractivity contribution in [2.75, 3.05) is 18.5 Å². The minimum Gasteiger partial charge on any atom is -0.378 e. The van der Waals surface area contributed by atoms with Gasteiger partial charge in [0.15, 0.2) is 0 Å². The molecule has 0 bridgehead atoms. The number of halogens is 2. The van der Waals surface area contributed by atoms with Crippen LogP contribution in [0.15, 0.2) is 41.1 Å². The number of hydrogen-bond donors (Lipinski definition) is 1. The maximum Gasteiger partial charge on any atom is 0.241 e. The average Bonchev–Trinajstić information content (AvgIpc) is 2.42. The molecule has 108 valence electrons. The Morgan fingerprint density at radius 1 is 1.24 bits per heavy atom. The summed E-state index contributed by atoms with van der Waals surface area (Å²) in [5, 5.41) is 3.21. The molecule has 1 aliphatic rings. The van der Waals surface area contributed by atoms with Crippen LogP contribution in [0.1, 0.15) is 5.69 Å². The topological polar surface area (TPSA) is 64.1 Å². The van der Waals surface area contributed by atoms with Gasteiger partial charge in [-0.1, -0.05) is 11.6 Å². The predicted molar refractivity (Wildman–Crippen MR) is 82.3 cm³/mol. The van der Waals surface area contributed by atoms with Crippen LogP contribution in [-0.4, -0.2) is 29.1 Å². The molecule has 7 heteroatoms. The van der Waals surface area contributed by atoms with E-state index in [1.54, 1.807) is 18.3 Å². The van der Waals surface area contributed by atoms with Crippen molar-refractivity contribution in [1.82, 2.24) is 9.97 Å². The second-order valence-electron chi connectivity index (χ2n) is 4.76. The van der Waals surface area contributed by atoms with Gasteiger partial charge in [-0.05, 0) is 40.2 Å². The number of carbonyl (C=O) groups excluding carboxylic acids is 1. The molecule has 1 fully saturated rings. The summed E-state index contributed by atoms with van der Waals surface area (Å²) in [6.07, 6.45) is 3.19. The molecule has 5 nitrogen and oxygen atoms in total. The highest BCUT2D eigenvalue weighted by molar-refractivity contribution is 9.10. The Labute approximate surface area is 134 Å². The van der Waals surface area contributed by atoms with E-state index in [0.29, 0.717) is 29.7 Å². The molecule has 2 aromatic heterocycles. The number of hydrogen-bond acceptors (Lipinski definition) is 4. The Kier molecular flexibility index (Phi) is 3.93. The van der Waals surface area contributed by atoms with Crippen LogP contribution in [0.4, 0.5) is 5.69 Å². The monoisotopic (exact) mass is 367 g/mol. The average molecular weight is 369 g/mol. The Hall–Kier alpha value is -1.50. The molecule has 1 aliphatic heterocycles. The van der Waals surface area contributed by atoms with Gasteiger partial charge < -0.3 is 10.1 Å². The zero-order chi connectivity index (χ0) is 14.9. The molecule has 0 unspecified atom stereocenters. The number of rotatable bonds is 3. The molecule has 1 N–H and O–H groups in total. The number of carbonyl (C=O) groups is 1. The molecule has 1 amide bonds. The van der Waals surface area contributed by atoms with Gasteiger partial charge in [0, 0.05) is 10.7 Å². The first-order valence-electron chi connectivity index (χ1n) is 6.23. The summed E-state index contributed by atoms with van der Waals surface area (Å²) < 4.78 is 6.12. The quantitative estimate of drug-likeness (QED) is 0.846. The highest BCUT2D eigenvalue weighted by Gasteiger charge is 2.48. The number of nitrogens with zero attached hydrogens (tertiary/aromatic N) is 2. The van der Waals surface area contributed by atoms with Gasteiger partial charge >= 0.3 is 0 Å². The molecule has 3 heterocycles. The highest BCUT2D eigenvalue weighted by atomic mass is 79.9. The van der Waals surface area contributed by atoms with Crippen molar-refractivity contribution in [3.05, 3.63) is 52.0 Å². The summed E-state index contributed by atoms with van der Waals surface area (Å²) in [4.78, 5) is 20.8. The number of nitrogens with one attached hydrogen (secondary N) is 1. The van der Waals surface area contributed by atoms with Gasteiger partial charge in [-0.3, -0.25) is 9.78 Å².